The second-order valence-electron chi connectivity index (χ2n) is 5.07. The van der Waals surface area contributed by atoms with Gasteiger partial charge in [-0.25, -0.2) is 0 Å². The van der Waals surface area contributed by atoms with Crippen molar-refractivity contribution in [2.75, 3.05) is 11.1 Å². The fourth-order valence-corrected chi connectivity index (χ4v) is 3.52. The second kappa shape index (κ2) is 6.28. The van der Waals surface area contributed by atoms with Crippen LogP contribution in [0.1, 0.15) is 36.3 Å². The lowest BCUT2D eigenvalue weighted by molar-refractivity contribution is 0.101. The first-order chi connectivity index (χ1) is 10.2. The van der Waals surface area contributed by atoms with Gasteiger partial charge in [0.2, 0.25) is 0 Å². The minimum absolute atomic E-state index is 0.0447. The van der Waals surface area contributed by atoms with E-state index in [9.17, 15) is 4.79 Å². The van der Waals surface area contributed by atoms with Gasteiger partial charge in [-0.2, -0.15) is 0 Å². The summed E-state index contributed by atoms with van der Waals surface area (Å²) in [6.45, 7) is 2.11. The lowest BCUT2D eigenvalue weighted by Gasteiger charge is -2.11. The molecular weight excluding hydrogens is 348 g/mol. The van der Waals surface area contributed by atoms with E-state index in [1.807, 2.05) is 36.5 Å². The van der Waals surface area contributed by atoms with Crippen LogP contribution in [0.2, 0.25) is 0 Å². The van der Waals surface area contributed by atoms with Crippen molar-refractivity contribution < 1.29 is 4.79 Å². The van der Waals surface area contributed by atoms with E-state index in [0.29, 0.717) is 6.04 Å². The van der Waals surface area contributed by atoms with Crippen LogP contribution in [-0.4, -0.2) is 16.2 Å². The molecule has 0 spiro atoms. The molecule has 1 aromatic heterocycles. The Hall–Kier alpha value is -1.20. The van der Waals surface area contributed by atoms with Crippen molar-refractivity contribution in [3.05, 3.63) is 46.7 Å². The van der Waals surface area contributed by atoms with E-state index in [-0.39, 0.29) is 5.91 Å². The monoisotopic (exact) mass is 364 g/mol. The van der Waals surface area contributed by atoms with Gasteiger partial charge in [0, 0.05) is 21.6 Å². The molecule has 0 bridgehead atoms. The standard InChI is InChI=1S/C16H17BrN2OS/c1-2-21-15-6-4-3-5-13(15)18-16(20)14-9-11(17)10-19(14)12-7-8-12/h3-6,9-10,12H,2,7-8H2,1H3,(H,18,20). The van der Waals surface area contributed by atoms with Crippen LogP contribution in [0, 0.1) is 0 Å². The SMILES string of the molecule is CCSc1ccccc1NC(=O)c1cc(Br)cn1C1CC1. The number of thioether (sulfide) groups is 1. The van der Waals surface area contributed by atoms with E-state index < -0.39 is 0 Å². The Bertz CT molecular complexity index is 664. The largest absolute Gasteiger partial charge is 0.339 e. The summed E-state index contributed by atoms with van der Waals surface area (Å²) in [4.78, 5) is 13.7. The van der Waals surface area contributed by atoms with Crippen LogP contribution in [0.25, 0.3) is 0 Å². The maximum atomic E-state index is 12.6. The number of aromatic nitrogens is 1. The Morgan fingerprint density at radius 3 is 2.90 bits per heavy atom. The Kier molecular flexibility index (Phi) is 4.40. The molecule has 1 heterocycles. The van der Waals surface area contributed by atoms with Crippen molar-refractivity contribution in [2.24, 2.45) is 0 Å². The molecule has 3 nitrogen and oxygen atoms in total. The average molecular weight is 365 g/mol. The maximum absolute atomic E-state index is 12.6. The lowest BCUT2D eigenvalue weighted by atomic mass is 10.3. The molecule has 1 fully saturated rings. The molecule has 5 heteroatoms. The number of nitrogens with zero attached hydrogens (tertiary/aromatic N) is 1. The maximum Gasteiger partial charge on any atom is 0.272 e. The zero-order chi connectivity index (χ0) is 14.8. The highest BCUT2D eigenvalue weighted by molar-refractivity contribution is 9.10. The number of carbonyl (C=O) groups excluding carboxylic acids is 1. The van der Waals surface area contributed by atoms with Gasteiger partial charge in [-0.15, -0.1) is 11.8 Å². The highest BCUT2D eigenvalue weighted by Crippen LogP contribution is 2.37. The fourth-order valence-electron chi connectivity index (χ4n) is 2.32. The highest BCUT2D eigenvalue weighted by Gasteiger charge is 2.27. The summed E-state index contributed by atoms with van der Waals surface area (Å²) in [7, 11) is 0. The van der Waals surface area contributed by atoms with Gasteiger partial charge in [0.25, 0.3) is 5.91 Å². The minimum Gasteiger partial charge on any atom is -0.339 e. The number of rotatable bonds is 5. The summed E-state index contributed by atoms with van der Waals surface area (Å²) in [5.41, 5.74) is 1.61. The first kappa shape index (κ1) is 14.7. The number of benzene rings is 1. The zero-order valence-electron chi connectivity index (χ0n) is 11.8. The van der Waals surface area contributed by atoms with Crippen LogP contribution in [0.15, 0.2) is 45.9 Å². The average Bonchev–Trinajstić information content (AvgIpc) is 3.24. The Balaban J connectivity index is 1.83. The summed E-state index contributed by atoms with van der Waals surface area (Å²) < 4.78 is 3.03. The van der Waals surface area contributed by atoms with Gasteiger partial charge in [-0.1, -0.05) is 19.1 Å². The van der Waals surface area contributed by atoms with Crippen LogP contribution >= 0.6 is 27.7 Å². The third-order valence-corrected chi connectivity index (χ3v) is 4.81. The van der Waals surface area contributed by atoms with Gasteiger partial charge in [-0.3, -0.25) is 4.79 Å². The first-order valence-electron chi connectivity index (χ1n) is 7.09. The third kappa shape index (κ3) is 3.35. The minimum atomic E-state index is -0.0447. The van der Waals surface area contributed by atoms with E-state index in [1.165, 1.54) is 0 Å². The number of amides is 1. The molecule has 1 aromatic carbocycles. The zero-order valence-corrected chi connectivity index (χ0v) is 14.2. The predicted molar refractivity (Wildman–Crippen MR) is 91.2 cm³/mol. The van der Waals surface area contributed by atoms with E-state index in [1.54, 1.807) is 11.8 Å². The van der Waals surface area contributed by atoms with Crippen LogP contribution < -0.4 is 5.32 Å². The van der Waals surface area contributed by atoms with Crippen molar-refractivity contribution in [3.8, 4) is 0 Å². The number of nitrogens with one attached hydrogen (secondary N) is 1. The summed E-state index contributed by atoms with van der Waals surface area (Å²) in [5.74, 6) is 0.938. The Labute approximate surface area is 137 Å². The van der Waals surface area contributed by atoms with Crippen LogP contribution in [-0.2, 0) is 0 Å². The van der Waals surface area contributed by atoms with E-state index in [4.69, 9.17) is 0 Å². The normalized spacial score (nSPS) is 14.2. The number of para-hydroxylation sites is 1. The molecule has 0 aliphatic heterocycles. The van der Waals surface area contributed by atoms with Crippen molar-refractivity contribution in [3.63, 3.8) is 0 Å². The van der Waals surface area contributed by atoms with Crippen LogP contribution in [0.5, 0.6) is 0 Å². The van der Waals surface area contributed by atoms with Gasteiger partial charge in [0.05, 0.1) is 5.69 Å². The van der Waals surface area contributed by atoms with Gasteiger partial charge >= 0.3 is 0 Å². The van der Waals surface area contributed by atoms with Gasteiger partial charge in [0.15, 0.2) is 0 Å². The van der Waals surface area contributed by atoms with Crippen molar-refractivity contribution in [1.29, 1.82) is 0 Å². The number of carbonyl (C=O) groups is 1. The highest BCUT2D eigenvalue weighted by atomic mass is 79.9. The molecule has 1 aliphatic carbocycles. The lowest BCUT2D eigenvalue weighted by Crippen LogP contribution is -2.16. The molecule has 1 saturated carbocycles. The molecule has 1 amide bonds. The smallest absolute Gasteiger partial charge is 0.272 e. The van der Waals surface area contributed by atoms with E-state index in [0.717, 1.165) is 39.3 Å². The molecular formula is C16H17BrN2OS. The van der Waals surface area contributed by atoms with E-state index in [2.05, 4.69) is 32.7 Å². The summed E-state index contributed by atoms with van der Waals surface area (Å²) >= 11 is 5.20. The van der Waals surface area contributed by atoms with Crippen molar-refractivity contribution in [1.82, 2.24) is 4.57 Å². The molecule has 0 atom stereocenters. The Morgan fingerprint density at radius 1 is 1.43 bits per heavy atom. The quantitative estimate of drug-likeness (QED) is 0.761. The number of hydrogen-bond acceptors (Lipinski definition) is 2. The predicted octanol–water partition coefficient (Wildman–Crippen LogP) is 4.95. The number of anilines is 1. The molecule has 1 N–H and O–H groups in total. The molecule has 0 saturated heterocycles. The molecule has 21 heavy (non-hydrogen) atoms. The van der Waals surface area contributed by atoms with Crippen molar-refractivity contribution >= 4 is 39.3 Å². The third-order valence-electron chi connectivity index (χ3n) is 3.42. The molecule has 110 valence electrons. The molecule has 0 radical (unpaired) electrons. The van der Waals surface area contributed by atoms with Crippen molar-refractivity contribution in [2.45, 2.75) is 30.7 Å². The second-order valence-corrected chi connectivity index (χ2v) is 7.29. The fraction of sp³-hybridized carbons (Fsp3) is 0.312. The summed E-state index contributed by atoms with van der Waals surface area (Å²) in [6, 6.07) is 10.3. The number of halogens is 1. The summed E-state index contributed by atoms with van der Waals surface area (Å²) in [5, 5.41) is 3.05. The van der Waals surface area contributed by atoms with Crippen LogP contribution in [0.3, 0.4) is 0 Å². The molecule has 3 rings (SSSR count). The van der Waals surface area contributed by atoms with Crippen LogP contribution in [0.4, 0.5) is 5.69 Å². The van der Waals surface area contributed by atoms with E-state index >= 15 is 0 Å². The number of hydrogen-bond donors (Lipinski definition) is 1. The van der Waals surface area contributed by atoms with Gasteiger partial charge in [0.1, 0.15) is 5.69 Å². The molecule has 1 aliphatic rings. The molecule has 0 unspecified atom stereocenters. The Morgan fingerprint density at radius 2 is 2.19 bits per heavy atom. The topological polar surface area (TPSA) is 34.0 Å². The summed E-state index contributed by atoms with van der Waals surface area (Å²) in [6.07, 6.45) is 4.31. The first-order valence-corrected chi connectivity index (χ1v) is 8.87. The van der Waals surface area contributed by atoms with Gasteiger partial charge in [-0.05, 0) is 52.7 Å². The molecule has 2 aromatic rings. The van der Waals surface area contributed by atoms with Gasteiger partial charge < -0.3 is 9.88 Å².